The minimum absolute atomic E-state index is 0.00114. The molecule has 1 unspecified atom stereocenters. The van der Waals surface area contributed by atoms with Crippen LogP contribution in [0.4, 0.5) is 0 Å². The summed E-state index contributed by atoms with van der Waals surface area (Å²) in [6.07, 6.45) is 6.07. The molecule has 0 spiro atoms. The van der Waals surface area contributed by atoms with E-state index in [-0.39, 0.29) is 17.9 Å². The maximum Gasteiger partial charge on any atom is 0.243 e. The van der Waals surface area contributed by atoms with Crippen molar-refractivity contribution in [3.63, 3.8) is 0 Å². The minimum atomic E-state index is -0.559. The van der Waals surface area contributed by atoms with Crippen LogP contribution in [0, 0.1) is 6.92 Å². The van der Waals surface area contributed by atoms with Gasteiger partial charge in [-0.25, -0.2) is 0 Å². The van der Waals surface area contributed by atoms with Crippen LogP contribution in [0.1, 0.15) is 54.4 Å². The van der Waals surface area contributed by atoms with Crippen molar-refractivity contribution < 1.29 is 9.59 Å². The molecule has 1 aliphatic rings. The SMILES string of the molecule is Cc1cccc(CSCC(=O)N(Cc2ccccc2)C(Cc2ccccc2)C(=O)NC2CCCCC2)c1. The maximum absolute atomic E-state index is 13.8. The Hall–Kier alpha value is -3.05. The monoisotopic (exact) mass is 514 g/mol. The van der Waals surface area contributed by atoms with E-state index in [4.69, 9.17) is 0 Å². The van der Waals surface area contributed by atoms with Crippen molar-refractivity contribution in [2.24, 2.45) is 0 Å². The van der Waals surface area contributed by atoms with Gasteiger partial charge < -0.3 is 10.2 Å². The van der Waals surface area contributed by atoms with E-state index >= 15 is 0 Å². The average Bonchev–Trinajstić information content (AvgIpc) is 2.92. The highest BCUT2D eigenvalue weighted by molar-refractivity contribution is 7.99. The Morgan fingerprint density at radius 3 is 2.19 bits per heavy atom. The molecule has 1 atom stereocenters. The predicted molar refractivity (Wildman–Crippen MR) is 153 cm³/mol. The Bertz CT molecular complexity index is 1130. The second-order valence-electron chi connectivity index (χ2n) is 10.0. The molecule has 1 aliphatic carbocycles. The summed E-state index contributed by atoms with van der Waals surface area (Å²) in [6, 6.07) is 28.1. The number of amides is 2. The van der Waals surface area contributed by atoms with Crippen LogP contribution >= 0.6 is 11.8 Å². The Kier molecular flexibility index (Phi) is 10.2. The van der Waals surface area contributed by atoms with Gasteiger partial charge >= 0.3 is 0 Å². The largest absolute Gasteiger partial charge is 0.352 e. The van der Waals surface area contributed by atoms with Gasteiger partial charge in [-0.2, -0.15) is 0 Å². The van der Waals surface area contributed by atoms with Gasteiger partial charge in [0.25, 0.3) is 0 Å². The second kappa shape index (κ2) is 14.0. The summed E-state index contributed by atoms with van der Waals surface area (Å²) in [5.74, 6) is 1.07. The van der Waals surface area contributed by atoms with Crippen molar-refractivity contribution in [2.45, 2.75) is 69.8 Å². The van der Waals surface area contributed by atoms with E-state index in [2.05, 4.69) is 36.5 Å². The molecule has 0 bridgehead atoms. The van der Waals surface area contributed by atoms with Crippen molar-refractivity contribution >= 4 is 23.6 Å². The maximum atomic E-state index is 13.8. The van der Waals surface area contributed by atoms with E-state index in [1.165, 1.54) is 17.5 Å². The van der Waals surface area contributed by atoms with Gasteiger partial charge in [-0.3, -0.25) is 9.59 Å². The van der Waals surface area contributed by atoms with Crippen LogP contribution in [0.25, 0.3) is 0 Å². The summed E-state index contributed by atoms with van der Waals surface area (Å²) in [6.45, 7) is 2.50. The van der Waals surface area contributed by atoms with Gasteiger partial charge in [0.05, 0.1) is 5.75 Å². The molecule has 3 aromatic rings. The number of rotatable bonds is 11. The molecule has 5 heteroatoms. The molecule has 1 fully saturated rings. The van der Waals surface area contributed by atoms with Gasteiger partial charge in [0, 0.05) is 24.8 Å². The molecule has 0 aliphatic heterocycles. The number of nitrogens with zero attached hydrogens (tertiary/aromatic N) is 1. The fourth-order valence-corrected chi connectivity index (χ4v) is 5.88. The average molecular weight is 515 g/mol. The zero-order chi connectivity index (χ0) is 25.9. The van der Waals surface area contributed by atoms with Crippen molar-refractivity contribution in [2.75, 3.05) is 5.75 Å². The first-order valence-electron chi connectivity index (χ1n) is 13.4. The molecular weight excluding hydrogens is 476 g/mol. The van der Waals surface area contributed by atoms with E-state index in [9.17, 15) is 9.59 Å². The highest BCUT2D eigenvalue weighted by Gasteiger charge is 2.31. The molecule has 4 nitrogen and oxygen atoms in total. The van der Waals surface area contributed by atoms with E-state index in [0.717, 1.165) is 42.6 Å². The first-order chi connectivity index (χ1) is 18.1. The highest BCUT2D eigenvalue weighted by atomic mass is 32.2. The third-order valence-electron chi connectivity index (χ3n) is 7.00. The summed E-state index contributed by atoms with van der Waals surface area (Å²) >= 11 is 1.61. The number of carbonyl (C=O) groups excluding carboxylic acids is 2. The third kappa shape index (κ3) is 8.50. The number of aryl methyl sites for hydroxylation is 1. The summed E-state index contributed by atoms with van der Waals surface area (Å²) in [4.78, 5) is 29.3. The lowest BCUT2D eigenvalue weighted by molar-refractivity contribution is -0.139. The van der Waals surface area contributed by atoms with E-state index < -0.39 is 6.04 Å². The van der Waals surface area contributed by atoms with E-state index in [0.29, 0.717) is 18.7 Å². The van der Waals surface area contributed by atoms with Crippen molar-refractivity contribution in [3.8, 4) is 0 Å². The number of benzene rings is 3. The van der Waals surface area contributed by atoms with Crippen LogP contribution in [0.3, 0.4) is 0 Å². The molecule has 4 rings (SSSR count). The summed E-state index contributed by atoms with van der Waals surface area (Å²) < 4.78 is 0. The molecule has 0 radical (unpaired) electrons. The molecule has 0 saturated heterocycles. The van der Waals surface area contributed by atoms with Crippen molar-refractivity contribution in [3.05, 3.63) is 107 Å². The van der Waals surface area contributed by atoms with Crippen LogP contribution < -0.4 is 5.32 Å². The van der Waals surface area contributed by atoms with Crippen LogP contribution in [0.2, 0.25) is 0 Å². The minimum Gasteiger partial charge on any atom is -0.352 e. The molecule has 0 aromatic heterocycles. The molecule has 0 heterocycles. The Morgan fingerprint density at radius 2 is 1.51 bits per heavy atom. The van der Waals surface area contributed by atoms with Gasteiger partial charge in [-0.05, 0) is 36.5 Å². The van der Waals surface area contributed by atoms with Crippen LogP contribution in [-0.4, -0.2) is 34.6 Å². The third-order valence-corrected chi connectivity index (χ3v) is 7.98. The summed E-state index contributed by atoms with van der Waals surface area (Å²) in [5.41, 5.74) is 4.52. The first kappa shape index (κ1) is 27.0. The quantitative estimate of drug-likeness (QED) is 0.326. The highest BCUT2D eigenvalue weighted by Crippen LogP contribution is 2.21. The van der Waals surface area contributed by atoms with Crippen LogP contribution in [-0.2, 0) is 28.3 Å². The molecule has 37 heavy (non-hydrogen) atoms. The van der Waals surface area contributed by atoms with Crippen molar-refractivity contribution in [1.82, 2.24) is 10.2 Å². The van der Waals surface area contributed by atoms with Gasteiger partial charge in [0.1, 0.15) is 6.04 Å². The predicted octanol–water partition coefficient (Wildman–Crippen LogP) is 6.32. The van der Waals surface area contributed by atoms with Crippen LogP contribution in [0.5, 0.6) is 0 Å². The first-order valence-corrected chi connectivity index (χ1v) is 14.5. The summed E-state index contributed by atoms with van der Waals surface area (Å²) in [5, 5.41) is 3.31. The number of carbonyl (C=O) groups is 2. The zero-order valence-electron chi connectivity index (χ0n) is 21.8. The number of thioether (sulfide) groups is 1. The van der Waals surface area contributed by atoms with Gasteiger partial charge in [-0.15, -0.1) is 11.8 Å². The number of hydrogen-bond donors (Lipinski definition) is 1. The molecule has 1 N–H and O–H groups in total. The van der Waals surface area contributed by atoms with Crippen molar-refractivity contribution in [1.29, 1.82) is 0 Å². The van der Waals surface area contributed by atoms with Gasteiger partial charge in [0.2, 0.25) is 11.8 Å². The molecular formula is C32H38N2O2S. The molecule has 194 valence electrons. The number of hydrogen-bond acceptors (Lipinski definition) is 3. The second-order valence-corrected chi connectivity index (χ2v) is 11.0. The topological polar surface area (TPSA) is 49.4 Å². The zero-order valence-corrected chi connectivity index (χ0v) is 22.6. The molecule has 3 aromatic carbocycles. The molecule has 1 saturated carbocycles. The Balaban J connectivity index is 1.54. The smallest absolute Gasteiger partial charge is 0.243 e. The fourth-order valence-electron chi connectivity index (χ4n) is 5.02. The Morgan fingerprint density at radius 1 is 0.865 bits per heavy atom. The molecule has 2 amide bonds. The van der Waals surface area contributed by atoms with Gasteiger partial charge in [-0.1, -0.05) is 110 Å². The number of nitrogens with one attached hydrogen (secondary N) is 1. The lowest BCUT2D eigenvalue weighted by Gasteiger charge is -2.33. The standard InChI is InChI=1S/C32H38N2O2S/c1-25-12-11-17-28(20-25)23-37-24-31(35)34(22-27-15-7-3-8-16-27)30(21-26-13-5-2-6-14-26)32(36)33-29-18-9-4-10-19-29/h2-3,5-8,11-17,20,29-30H,4,9-10,18-19,21-24H2,1H3,(H,33,36). The van der Waals surface area contributed by atoms with Gasteiger partial charge in [0.15, 0.2) is 0 Å². The van der Waals surface area contributed by atoms with Crippen LogP contribution in [0.15, 0.2) is 84.9 Å². The fraction of sp³-hybridized carbons (Fsp3) is 0.375. The van der Waals surface area contributed by atoms with E-state index in [1.54, 1.807) is 11.8 Å². The van der Waals surface area contributed by atoms with E-state index in [1.807, 2.05) is 65.6 Å². The summed E-state index contributed by atoms with van der Waals surface area (Å²) in [7, 11) is 0. The lowest BCUT2D eigenvalue weighted by Crippen LogP contribution is -2.53. The Labute approximate surface area is 225 Å². The lowest BCUT2D eigenvalue weighted by atomic mass is 9.94. The normalized spacial score (nSPS) is 14.6.